The summed E-state index contributed by atoms with van der Waals surface area (Å²) in [6, 6.07) is 6.44. The topological polar surface area (TPSA) is 50.9 Å². The molecule has 1 heterocycles. The number of hydrogen-bond donors (Lipinski definition) is 2. The Bertz CT molecular complexity index is 311. The van der Waals surface area contributed by atoms with Gasteiger partial charge in [0.05, 0.1) is 0 Å². The minimum Gasteiger partial charge on any atom is -0.271 e. The fourth-order valence-electron chi connectivity index (χ4n) is 2.04. The van der Waals surface area contributed by atoms with E-state index in [1.54, 1.807) is 0 Å². The third-order valence-electron chi connectivity index (χ3n) is 3.17. The maximum atomic E-state index is 5.59. The lowest BCUT2D eigenvalue weighted by atomic mass is 10.0. The van der Waals surface area contributed by atoms with Gasteiger partial charge in [-0.3, -0.25) is 16.3 Å². The fourth-order valence-corrected chi connectivity index (χ4v) is 2.04. The molecule has 3 heteroatoms. The minimum absolute atomic E-state index is 0.399. The van der Waals surface area contributed by atoms with Crippen molar-refractivity contribution in [2.24, 2.45) is 5.84 Å². The maximum absolute atomic E-state index is 5.59. The summed E-state index contributed by atoms with van der Waals surface area (Å²) in [6.45, 7) is 3.73. The van der Waals surface area contributed by atoms with Gasteiger partial charge in [0.25, 0.3) is 0 Å². The van der Waals surface area contributed by atoms with Gasteiger partial charge >= 0.3 is 0 Å². The molecule has 18 heavy (non-hydrogen) atoms. The fraction of sp³-hybridized carbons (Fsp3) is 0.533. The maximum Gasteiger partial charge on any atom is 0.0404 e. The van der Waals surface area contributed by atoms with E-state index in [2.05, 4.69) is 23.1 Å². The Balaban J connectivity index is 2.15. The lowest BCUT2D eigenvalue weighted by Gasteiger charge is -2.15. The van der Waals surface area contributed by atoms with Crippen LogP contribution in [-0.4, -0.2) is 11.0 Å². The molecule has 1 unspecified atom stereocenters. The zero-order valence-electron chi connectivity index (χ0n) is 11.1. The number of aryl methyl sites for hydroxylation is 1. The number of hydrazine groups is 1. The van der Waals surface area contributed by atoms with E-state index in [1.807, 2.05) is 24.4 Å². The van der Waals surface area contributed by atoms with Crippen LogP contribution in [0.5, 0.6) is 0 Å². The van der Waals surface area contributed by atoms with Crippen molar-refractivity contribution in [3.8, 4) is 0 Å². The van der Waals surface area contributed by atoms with E-state index in [4.69, 9.17) is 5.84 Å². The average Bonchev–Trinajstić information content (AvgIpc) is 2.43. The Morgan fingerprint density at radius 3 is 2.83 bits per heavy atom. The molecule has 0 amide bonds. The highest BCUT2D eigenvalue weighted by atomic mass is 15.2. The molecular formula is C15H25N3. The zero-order chi connectivity index (χ0) is 13.1. The molecule has 1 aromatic rings. The highest BCUT2D eigenvalue weighted by Gasteiger charge is 2.06. The van der Waals surface area contributed by atoms with Crippen LogP contribution in [0.1, 0.15) is 44.2 Å². The Morgan fingerprint density at radius 1 is 1.28 bits per heavy atom. The van der Waals surface area contributed by atoms with Gasteiger partial charge in [0.15, 0.2) is 0 Å². The first-order chi connectivity index (χ1) is 8.86. The summed E-state index contributed by atoms with van der Waals surface area (Å²) < 4.78 is 0. The first kappa shape index (κ1) is 14.9. The smallest absolute Gasteiger partial charge is 0.0404 e. The molecule has 0 saturated carbocycles. The van der Waals surface area contributed by atoms with E-state index in [0.717, 1.165) is 31.4 Å². The van der Waals surface area contributed by atoms with Crippen LogP contribution in [0.15, 0.2) is 37.1 Å². The van der Waals surface area contributed by atoms with Crippen molar-refractivity contribution in [2.45, 2.75) is 51.0 Å². The third kappa shape index (κ3) is 6.52. The predicted molar refractivity (Wildman–Crippen MR) is 77.0 cm³/mol. The number of unbranched alkanes of at least 4 members (excludes halogenated alkanes) is 3. The van der Waals surface area contributed by atoms with Gasteiger partial charge in [-0.15, -0.1) is 6.58 Å². The van der Waals surface area contributed by atoms with Gasteiger partial charge in [-0.25, -0.2) is 0 Å². The summed E-state index contributed by atoms with van der Waals surface area (Å²) >= 11 is 0. The van der Waals surface area contributed by atoms with E-state index in [9.17, 15) is 0 Å². The number of pyridine rings is 1. The monoisotopic (exact) mass is 247 g/mol. The Labute approximate surface area is 110 Å². The van der Waals surface area contributed by atoms with Crippen molar-refractivity contribution in [3.05, 3.63) is 42.7 Å². The van der Waals surface area contributed by atoms with Crippen molar-refractivity contribution in [2.75, 3.05) is 0 Å². The first-order valence-corrected chi connectivity index (χ1v) is 6.83. The molecule has 0 fully saturated rings. The number of allylic oxidation sites excluding steroid dienone is 1. The molecular weight excluding hydrogens is 222 g/mol. The molecule has 0 radical (unpaired) electrons. The van der Waals surface area contributed by atoms with Crippen LogP contribution in [0.2, 0.25) is 0 Å². The van der Waals surface area contributed by atoms with Crippen molar-refractivity contribution in [1.82, 2.24) is 10.4 Å². The van der Waals surface area contributed by atoms with E-state index in [0.29, 0.717) is 6.04 Å². The van der Waals surface area contributed by atoms with Crippen LogP contribution >= 0.6 is 0 Å². The van der Waals surface area contributed by atoms with Gasteiger partial charge in [-0.05, 0) is 44.2 Å². The second kappa shape index (κ2) is 9.80. The van der Waals surface area contributed by atoms with Crippen LogP contribution in [-0.2, 0) is 6.42 Å². The largest absolute Gasteiger partial charge is 0.271 e. The van der Waals surface area contributed by atoms with Crippen LogP contribution in [0.4, 0.5) is 0 Å². The van der Waals surface area contributed by atoms with Gasteiger partial charge in [0.1, 0.15) is 0 Å². The van der Waals surface area contributed by atoms with Gasteiger partial charge in [-0.1, -0.05) is 25.0 Å². The van der Waals surface area contributed by atoms with Crippen molar-refractivity contribution in [3.63, 3.8) is 0 Å². The molecule has 3 N–H and O–H groups in total. The molecule has 0 aliphatic rings. The first-order valence-electron chi connectivity index (χ1n) is 6.83. The zero-order valence-corrected chi connectivity index (χ0v) is 11.1. The molecule has 0 spiro atoms. The summed E-state index contributed by atoms with van der Waals surface area (Å²) in [5.41, 5.74) is 4.06. The lowest BCUT2D eigenvalue weighted by Crippen LogP contribution is -2.35. The molecule has 1 atom stereocenters. The van der Waals surface area contributed by atoms with Crippen LogP contribution in [0.3, 0.4) is 0 Å². The third-order valence-corrected chi connectivity index (χ3v) is 3.17. The lowest BCUT2D eigenvalue weighted by molar-refractivity contribution is 0.440. The van der Waals surface area contributed by atoms with Crippen LogP contribution in [0, 0.1) is 0 Å². The SMILES string of the molecule is C=CCCCCCC(CCc1ccccn1)NN. The van der Waals surface area contributed by atoms with Crippen molar-refractivity contribution < 1.29 is 0 Å². The van der Waals surface area contributed by atoms with Gasteiger partial charge in [0.2, 0.25) is 0 Å². The van der Waals surface area contributed by atoms with E-state index in [-0.39, 0.29) is 0 Å². The second-order valence-corrected chi connectivity index (χ2v) is 4.65. The Kier molecular flexibility index (Phi) is 8.10. The normalized spacial score (nSPS) is 12.3. The standard InChI is InChI=1S/C15H25N3/c1-2-3-4-5-6-10-15(18-16)12-11-14-9-7-8-13-17-14/h2,7-9,13,15,18H,1,3-6,10-12,16H2. The number of rotatable bonds is 10. The average molecular weight is 247 g/mol. The summed E-state index contributed by atoms with van der Waals surface area (Å²) in [6.07, 6.45) is 11.8. The van der Waals surface area contributed by atoms with Crippen molar-refractivity contribution in [1.29, 1.82) is 0 Å². The molecule has 100 valence electrons. The molecule has 0 saturated heterocycles. The van der Waals surface area contributed by atoms with Crippen molar-refractivity contribution >= 4 is 0 Å². The predicted octanol–water partition coefficient (Wildman–Crippen LogP) is 2.98. The summed E-state index contributed by atoms with van der Waals surface area (Å²) in [7, 11) is 0. The Hall–Kier alpha value is -1.19. The van der Waals surface area contributed by atoms with E-state index >= 15 is 0 Å². The molecule has 0 aliphatic carbocycles. The molecule has 0 bridgehead atoms. The summed E-state index contributed by atoms with van der Waals surface area (Å²) in [5, 5.41) is 0. The minimum atomic E-state index is 0.399. The van der Waals surface area contributed by atoms with Gasteiger partial charge < -0.3 is 0 Å². The molecule has 3 nitrogen and oxygen atoms in total. The number of hydrogen-bond acceptors (Lipinski definition) is 3. The number of nitrogens with one attached hydrogen (secondary N) is 1. The van der Waals surface area contributed by atoms with E-state index in [1.165, 1.54) is 19.3 Å². The molecule has 0 aliphatic heterocycles. The second-order valence-electron chi connectivity index (χ2n) is 4.65. The Morgan fingerprint density at radius 2 is 2.17 bits per heavy atom. The highest BCUT2D eigenvalue weighted by Crippen LogP contribution is 2.10. The van der Waals surface area contributed by atoms with Crippen LogP contribution in [0.25, 0.3) is 0 Å². The van der Waals surface area contributed by atoms with Gasteiger partial charge in [-0.2, -0.15) is 0 Å². The number of nitrogens with zero attached hydrogens (tertiary/aromatic N) is 1. The molecule has 1 aromatic heterocycles. The summed E-state index contributed by atoms with van der Waals surface area (Å²) in [4.78, 5) is 4.33. The highest BCUT2D eigenvalue weighted by molar-refractivity contribution is 5.03. The number of aromatic nitrogens is 1. The quantitative estimate of drug-likeness (QED) is 0.289. The molecule has 0 aromatic carbocycles. The van der Waals surface area contributed by atoms with E-state index < -0.39 is 0 Å². The molecule has 1 rings (SSSR count). The number of nitrogens with two attached hydrogens (primary N) is 1. The summed E-state index contributed by atoms with van der Waals surface area (Å²) in [5.74, 6) is 5.59. The van der Waals surface area contributed by atoms with Gasteiger partial charge in [0, 0.05) is 17.9 Å². The van der Waals surface area contributed by atoms with Crippen LogP contribution < -0.4 is 11.3 Å².